The Bertz CT molecular complexity index is 394. The lowest BCUT2D eigenvalue weighted by molar-refractivity contribution is -0.136. The van der Waals surface area contributed by atoms with E-state index in [0.29, 0.717) is 5.69 Å². The minimum absolute atomic E-state index is 0.0235. The molecule has 1 aromatic heterocycles. The van der Waals surface area contributed by atoms with Crippen LogP contribution in [0.2, 0.25) is 0 Å². The molecule has 1 fully saturated rings. The lowest BCUT2D eigenvalue weighted by atomic mass is 9.97. The Kier molecular flexibility index (Phi) is 4.42. The number of carbonyl (C=O) groups is 1. The van der Waals surface area contributed by atoms with Gasteiger partial charge in [0.15, 0.2) is 0 Å². The summed E-state index contributed by atoms with van der Waals surface area (Å²) in [5, 5.41) is 20.5. The average molecular weight is 273 g/mol. The molecule has 1 saturated carbocycles. The predicted octanol–water partition coefficient (Wildman–Crippen LogP) is 2.17. The molecule has 1 aliphatic rings. The SMILES string of the molecule is O=C(O)Cc1csc(SC2CCCCC2O)n1. The van der Waals surface area contributed by atoms with Crippen molar-refractivity contribution in [2.24, 2.45) is 0 Å². The van der Waals surface area contributed by atoms with Crippen LogP contribution in [0.25, 0.3) is 0 Å². The van der Waals surface area contributed by atoms with Crippen LogP contribution in [0.4, 0.5) is 0 Å². The summed E-state index contributed by atoms with van der Waals surface area (Å²) in [4.78, 5) is 14.8. The van der Waals surface area contributed by atoms with Crippen molar-refractivity contribution in [1.29, 1.82) is 0 Å². The smallest absolute Gasteiger partial charge is 0.309 e. The van der Waals surface area contributed by atoms with Crippen LogP contribution in [-0.4, -0.2) is 32.5 Å². The molecule has 1 aliphatic carbocycles. The molecule has 0 bridgehead atoms. The summed E-state index contributed by atoms with van der Waals surface area (Å²) in [6.45, 7) is 0. The van der Waals surface area contributed by atoms with Crippen LogP contribution >= 0.6 is 23.1 Å². The van der Waals surface area contributed by atoms with Gasteiger partial charge in [0.05, 0.1) is 18.2 Å². The van der Waals surface area contributed by atoms with Crippen LogP contribution in [0, 0.1) is 0 Å². The van der Waals surface area contributed by atoms with Crippen molar-refractivity contribution in [2.75, 3.05) is 0 Å². The number of aliphatic carboxylic acids is 1. The molecule has 6 heteroatoms. The third-order valence-electron chi connectivity index (χ3n) is 2.78. The number of aromatic nitrogens is 1. The Balaban J connectivity index is 1.93. The molecular formula is C11H15NO3S2. The predicted molar refractivity (Wildman–Crippen MR) is 67.6 cm³/mol. The molecule has 1 heterocycles. The summed E-state index contributed by atoms with van der Waals surface area (Å²) < 4.78 is 0.868. The molecule has 0 radical (unpaired) electrons. The third-order valence-corrected chi connectivity index (χ3v) is 5.19. The average Bonchev–Trinajstić information content (AvgIpc) is 2.68. The van der Waals surface area contributed by atoms with E-state index >= 15 is 0 Å². The van der Waals surface area contributed by atoms with Gasteiger partial charge >= 0.3 is 5.97 Å². The summed E-state index contributed by atoms with van der Waals surface area (Å²) >= 11 is 3.05. The van der Waals surface area contributed by atoms with Gasteiger partial charge in [0.2, 0.25) is 0 Å². The number of rotatable bonds is 4. The molecule has 0 amide bonds. The minimum Gasteiger partial charge on any atom is -0.481 e. The van der Waals surface area contributed by atoms with Crippen molar-refractivity contribution >= 4 is 29.1 Å². The molecule has 2 unspecified atom stereocenters. The van der Waals surface area contributed by atoms with Crippen molar-refractivity contribution in [2.45, 2.75) is 47.8 Å². The summed E-state index contributed by atoms with van der Waals surface area (Å²) in [6.07, 6.45) is 3.86. The normalized spacial score (nSPS) is 24.8. The molecule has 1 aromatic rings. The van der Waals surface area contributed by atoms with Crippen molar-refractivity contribution in [3.63, 3.8) is 0 Å². The fourth-order valence-electron chi connectivity index (χ4n) is 1.92. The van der Waals surface area contributed by atoms with Crippen LogP contribution in [0.15, 0.2) is 9.72 Å². The first-order chi connectivity index (χ1) is 8.15. The van der Waals surface area contributed by atoms with Gasteiger partial charge in [-0.1, -0.05) is 24.6 Å². The molecule has 94 valence electrons. The molecule has 0 spiro atoms. The first-order valence-corrected chi connectivity index (χ1v) is 7.42. The highest BCUT2D eigenvalue weighted by molar-refractivity contribution is 8.01. The van der Waals surface area contributed by atoms with Crippen LogP contribution < -0.4 is 0 Å². The van der Waals surface area contributed by atoms with Crippen molar-refractivity contribution in [3.05, 3.63) is 11.1 Å². The number of nitrogens with zero attached hydrogens (tertiary/aromatic N) is 1. The van der Waals surface area contributed by atoms with Gasteiger partial charge in [0, 0.05) is 10.6 Å². The van der Waals surface area contributed by atoms with E-state index in [2.05, 4.69) is 4.98 Å². The van der Waals surface area contributed by atoms with E-state index in [9.17, 15) is 9.90 Å². The minimum atomic E-state index is -0.857. The van der Waals surface area contributed by atoms with Crippen LogP contribution in [0.3, 0.4) is 0 Å². The molecule has 4 nitrogen and oxygen atoms in total. The molecule has 2 rings (SSSR count). The van der Waals surface area contributed by atoms with Gasteiger partial charge in [-0.2, -0.15) is 0 Å². The summed E-state index contributed by atoms with van der Waals surface area (Å²) in [5.41, 5.74) is 0.607. The second kappa shape index (κ2) is 5.84. The second-order valence-electron chi connectivity index (χ2n) is 4.18. The number of thioether (sulfide) groups is 1. The monoisotopic (exact) mass is 273 g/mol. The quantitative estimate of drug-likeness (QED) is 0.879. The largest absolute Gasteiger partial charge is 0.481 e. The first-order valence-electron chi connectivity index (χ1n) is 5.66. The van der Waals surface area contributed by atoms with Crippen LogP contribution in [-0.2, 0) is 11.2 Å². The summed E-state index contributed by atoms with van der Waals surface area (Å²) in [5.74, 6) is -0.857. The highest BCUT2D eigenvalue weighted by atomic mass is 32.2. The number of hydrogen-bond donors (Lipinski definition) is 2. The van der Waals surface area contributed by atoms with Crippen LogP contribution in [0.1, 0.15) is 31.4 Å². The van der Waals surface area contributed by atoms with E-state index in [1.54, 1.807) is 17.1 Å². The van der Waals surface area contributed by atoms with Gasteiger partial charge in [-0.25, -0.2) is 4.98 Å². The third kappa shape index (κ3) is 3.69. The topological polar surface area (TPSA) is 70.4 Å². The van der Waals surface area contributed by atoms with Gasteiger partial charge < -0.3 is 10.2 Å². The number of thiazole rings is 1. The van der Waals surface area contributed by atoms with Gasteiger partial charge in [0.25, 0.3) is 0 Å². The Morgan fingerprint density at radius 2 is 2.29 bits per heavy atom. The first kappa shape index (κ1) is 12.9. The highest BCUT2D eigenvalue weighted by Crippen LogP contribution is 2.35. The standard InChI is InChI=1S/C11H15NO3S2/c13-8-3-1-2-4-9(8)17-11-12-7(6-16-11)5-10(14)15/h6,8-9,13H,1-5H2,(H,14,15). The van der Waals surface area contributed by atoms with E-state index in [0.717, 1.165) is 30.0 Å². The maximum absolute atomic E-state index is 10.5. The van der Waals surface area contributed by atoms with Gasteiger partial charge in [-0.05, 0) is 12.8 Å². The number of hydrogen-bond acceptors (Lipinski definition) is 5. The Labute approximate surface area is 108 Å². The number of aliphatic hydroxyl groups excluding tert-OH is 1. The molecule has 0 aliphatic heterocycles. The van der Waals surface area contributed by atoms with E-state index in [1.165, 1.54) is 11.3 Å². The fraction of sp³-hybridized carbons (Fsp3) is 0.636. The van der Waals surface area contributed by atoms with E-state index in [-0.39, 0.29) is 17.8 Å². The van der Waals surface area contributed by atoms with Gasteiger partial charge in [-0.15, -0.1) is 11.3 Å². The van der Waals surface area contributed by atoms with Crippen LogP contribution in [0.5, 0.6) is 0 Å². The van der Waals surface area contributed by atoms with Crippen molar-refractivity contribution < 1.29 is 15.0 Å². The second-order valence-corrected chi connectivity index (χ2v) is 6.53. The van der Waals surface area contributed by atoms with Gasteiger partial charge in [0.1, 0.15) is 4.34 Å². The van der Waals surface area contributed by atoms with E-state index in [1.807, 2.05) is 0 Å². The zero-order valence-corrected chi connectivity index (χ0v) is 11.0. The van der Waals surface area contributed by atoms with Crippen molar-refractivity contribution in [3.8, 4) is 0 Å². The molecule has 17 heavy (non-hydrogen) atoms. The number of aliphatic hydroxyl groups is 1. The Morgan fingerprint density at radius 1 is 1.53 bits per heavy atom. The Hall–Kier alpha value is -0.590. The van der Waals surface area contributed by atoms with Gasteiger partial charge in [-0.3, -0.25) is 4.79 Å². The van der Waals surface area contributed by atoms with E-state index < -0.39 is 5.97 Å². The maximum atomic E-state index is 10.5. The lowest BCUT2D eigenvalue weighted by Crippen LogP contribution is -2.26. The zero-order valence-electron chi connectivity index (χ0n) is 9.33. The fourth-order valence-corrected chi connectivity index (χ4v) is 4.21. The number of carboxylic acids is 1. The molecule has 2 N–H and O–H groups in total. The molecular weight excluding hydrogens is 258 g/mol. The molecule has 2 atom stereocenters. The lowest BCUT2D eigenvalue weighted by Gasteiger charge is -2.25. The maximum Gasteiger partial charge on any atom is 0.309 e. The van der Waals surface area contributed by atoms with E-state index in [4.69, 9.17) is 5.11 Å². The summed E-state index contributed by atoms with van der Waals surface area (Å²) in [6, 6.07) is 0. The van der Waals surface area contributed by atoms with Crippen molar-refractivity contribution in [1.82, 2.24) is 4.98 Å². The number of carboxylic acid groups (broad SMARTS) is 1. The summed E-state index contributed by atoms with van der Waals surface area (Å²) in [7, 11) is 0. The molecule has 0 aromatic carbocycles. The zero-order chi connectivity index (χ0) is 12.3. The highest BCUT2D eigenvalue weighted by Gasteiger charge is 2.25. The molecule has 0 saturated heterocycles. The Morgan fingerprint density at radius 3 is 3.00 bits per heavy atom.